The van der Waals surface area contributed by atoms with Crippen LogP contribution in [0.2, 0.25) is 0 Å². The van der Waals surface area contributed by atoms with Gasteiger partial charge in [0.15, 0.2) is 0 Å². The molecule has 1 aliphatic rings. The molecule has 2 atom stereocenters. The Morgan fingerprint density at radius 1 is 1.54 bits per heavy atom. The van der Waals surface area contributed by atoms with E-state index in [2.05, 4.69) is 20.8 Å². The van der Waals surface area contributed by atoms with Gasteiger partial charge in [-0.05, 0) is 25.2 Å². The molecule has 0 saturated carbocycles. The van der Waals surface area contributed by atoms with Crippen molar-refractivity contribution in [1.29, 1.82) is 0 Å². The molecule has 13 heavy (non-hydrogen) atoms. The van der Waals surface area contributed by atoms with Crippen LogP contribution in [0.5, 0.6) is 0 Å². The van der Waals surface area contributed by atoms with Crippen LogP contribution >= 0.6 is 0 Å². The van der Waals surface area contributed by atoms with E-state index in [0.717, 1.165) is 32.3 Å². The van der Waals surface area contributed by atoms with Crippen molar-refractivity contribution in [2.45, 2.75) is 58.2 Å². The molecule has 1 aliphatic heterocycles. The molecule has 0 aromatic rings. The van der Waals surface area contributed by atoms with Crippen LogP contribution in [0.4, 0.5) is 0 Å². The first-order chi connectivity index (χ1) is 6.06. The minimum Gasteiger partial charge on any atom is -0.390 e. The molecule has 2 nitrogen and oxygen atoms in total. The van der Waals surface area contributed by atoms with Gasteiger partial charge in [0.1, 0.15) is 0 Å². The average molecular weight is 186 g/mol. The van der Waals surface area contributed by atoms with E-state index in [9.17, 15) is 5.11 Å². The van der Waals surface area contributed by atoms with Crippen LogP contribution in [0.15, 0.2) is 0 Å². The molecule has 2 heteroatoms. The zero-order valence-corrected chi connectivity index (χ0v) is 9.05. The summed E-state index contributed by atoms with van der Waals surface area (Å²) in [6.45, 7) is 7.16. The normalized spacial score (nSPS) is 35.3. The third-order valence-electron chi connectivity index (χ3n) is 2.77. The lowest BCUT2D eigenvalue weighted by molar-refractivity contribution is -0.112. The van der Waals surface area contributed by atoms with Crippen molar-refractivity contribution in [1.82, 2.24) is 0 Å². The van der Waals surface area contributed by atoms with Crippen LogP contribution in [0.1, 0.15) is 46.5 Å². The van der Waals surface area contributed by atoms with Crippen LogP contribution in [-0.4, -0.2) is 23.4 Å². The van der Waals surface area contributed by atoms with Gasteiger partial charge < -0.3 is 9.84 Å². The van der Waals surface area contributed by atoms with Crippen molar-refractivity contribution in [3.8, 4) is 0 Å². The van der Waals surface area contributed by atoms with Crippen molar-refractivity contribution in [2.75, 3.05) is 6.61 Å². The largest absolute Gasteiger partial charge is 0.390 e. The van der Waals surface area contributed by atoms with Crippen molar-refractivity contribution in [3.05, 3.63) is 0 Å². The molecule has 0 aliphatic carbocycles. The highest BCUT2D eigenvalue weighted by molar-refractivity contribution is 4.86. The first kappa shape index (κ1) is 11.0. The second kappa shape index (κ2) is 4.43. The molecule has 1 saturated heterocycles. The Balaban J connectivity index is 2.47. The van der Waals surface area contributed by atoms with Gasteiger partial charge in [-0.25, -0.2) is 0 Å². The minimum absolute atomic E-state index is 0.275. The molecule has 1 heterocycles. The van der Waals surface area contributed by atoms with E-state index in [0.29, 0.717) is 5.92 Å². The van der Waals surface area contributed by atoms with Crippen molar-refractivity contribution in [3.63, 3.8) is 0 Å². The lowest BCUT2D eigenvalue weighted by atomic mass is 9.83. The summed E-state index contributed by atoms with van der Waals surface area (Å²) in [5.74, 6) is 0.570. The van der Waals surface area contributed by atoms with E-state index >= 15 is 0 Å². The predicted molar refractivity (Wildman–Crippen MR) is 53.7 cm³/mol. The molecule has 1 N–H and O–H groups in total. The molecule has 0 spiro atoms. The Bertz CT molecular complexity index is 156. The van der Waals surface area contributed by atoms with E-state index < -0.39 is 5.60 Å². The molecule has 2 unspecified atom stereocenters. The standard InChI is InChI=1S/C11H22O2/c1-4-10-8-11(12,5-6-13-10)7-9(2)3/h9-10,12H,4-8H2,1-3H3. The van der Waals surface area contributed by atoms with E-state index in [4.69, 9.17) is 4.74 Å². The Morgan fingerprint density at radius 3 is 2.77 bits per heavy atom. The van der Waals surface area contributed by atoms with Gasteiger partial charge in [0.05, 0.1) is 11.7 Å². The molecule has 0 amide bonds. The maximum atomic E-state index is 10.3. The van der Waals surface area contributed by atoms with Gasteiger partial charge in [-0.2, -0.15) is 0 Å². The van der Waals surface area contributed by atoms with Gasteiger partial charge in [0.2, 0.25) is 0 Å². The molecular weight excluding hydrogens is 164 g/mol. The van der Waals surface area contributed by atoms with Gasteiger partial charge in [0.25, 0.3) is 0 Å². The maximum Gasteiger partial charge on any atom is 0.0696 e. The number of hydrogen-bond acceptors (Lipinski definition) is 2. The second-order valence-corrected chi connectivity index (χ2v) is 4.68. The van der Waals surface area contributed by atoms with Crippen molar-refractivity contribution < 1.29 is 9.84 Å². The fourth-order valence-corrected chi connectivity index (χ4v) is 2.21. The molecule has 0 aromatic heterocycles. The van der Waals surface area contributed by atoms with E-state index in [1.165, 1.54) is 0 Å². The molecule has 0 aromatic carbocycles. The molecule has 0 radical (unpaired) electrons. The molecule has 1 rings (SSSR count). The Labute approximate surface area is 81.3 Å². The molecule has 78 valence electrons. The number of rotatable bonds is 3. The van der Waals surface area contributed by atoms with Gasteiger partial charge in [-0.3, -0.25) is 0 Å². The Kier molecular flexibility index (Phi) is 3.74. The lowest BCUT2D eigenvalue weighted by Gasteiger charge is -2.37. The average Bonchev–Trinajstić information content (AvgIpc) is 2.02. The maximum absolute atomic E-state index is 10.3. The summed E-state index contributed by atoms with van der Waals surface area (Å²) in [6.07, 6.45) is 3.83. The number of ether oxygens (including phenoxy) is 1. The van der Waals surface area contributed by atoms with Crippen LogP contribution in [-0.2, 0) is 4.74 Å². The van der Waals surface area contributed by atoms with E-state index in [1.54, 1.807) is 0 Å². The predicted octanol–water partition coefficient (Wildman–Crippen LogP) is 2.35. The summed E-state index contributed by atoms with van der Waals surface area (Å²) in [5, 5.41) is 10.3. The minimum atomic E-state index is -0.451. The van der Waals surface area contributed by atoms with Crippen molar-refractivity contribution >= 4 is 0 Å². The first-order valence-electron chi connectivity index (χ1n) is 5.40. The zero-order valence-electron chi connectivity index (χ0n) is 9.05. The second-order valence-electron chi connectivity index (χ2n) is 4.68. The van der Waals surface area contributed by atoms with E-state index in [1.807, 2.05) is 0 Å². The van der Waals surface area contributed by atoms with Crippen LogP contribution in [0.25, 0.3) is 0 Å². The van der Waals surface area contributed by atoms with E-state index in [-0.39, 0.29) is 6.10 Å². The highest BCUT2D eigenvalue weighted by Crippen LogP contribution is 2.31. The Hall–Kier alpha value is -0.0800. The third kappa shape index (κ3) is 3.28. The Morgan fingerprint density at radius 2 is 2.23 bits per heavy atom. The number of aliphatic hydroxyl groups is 1. The number of hydrogen-bond donors (Lipinski definition) is 1. The first-order valence-corrected chi connectivity index (χ1v) is 5.40. The summed E-state index contributed by atoms with van der Waals surface area (Å²) in [4.78, 5) is 0. The topological polar surface area (TPSA) is 29.5 Å². The van der Waals surface area contributed by atoms with Gasteiger partial charge in [0, 0.05) is 13.0 Å². The fourth-order valence-electron chi connectivity index (χ4n) is 2.21. The van der Waals surface area contributed by atoms with Crippen LogP contribution in [0, 0.1) is 5.92 Å². The van der Waals surface area contributed by atoms with Crippen LogP contribution < -0.4 is 0 Å². The van der Waals surface area contributed by atoms with Crippen LogP contribution in [0.3, 0.4) is 0 Å². The van der Waals surface area contributed by atoms with Gasteiger partial charge in [-0.1, -0.05) is 20.8 Å². The quantitative estimate of drug-likeness (QED) is 0.733. The summed E-state index contributed by atoms with van der Waals surface area (Å²) >= 11 is 0. The third-order valence-corrected chi connectivity index (χ3v) is 2.77. The highest BCUT2D eigenvalue weighted by atomic mass is 16.5. The summed E-state index contributed by atoms with van der Waals surface area (Å²) < 4.78 is 5.54. The SMILES string of the molecule is CCC1CC(O)(CC(C)C)CCO1. The lowest BCUT2D eigenvalue weighted by Crippen LogP contribution is -2.41. The van der Waals surface area contributed by atoms with Gasteiger partial charge >= 0.3 is 0 Å². The smallest absolute Gasteiger partial charge is 0.0696 e. The zero-order chi connectivity index (χ0) is 9.90. The molecule has 1 fully saturated rings. The fraction of sp³-hybridized carbons (Fsp3) is 1.00. The van der Waals surface area contributed by atoms with Crippen molar-refractivity contribution in [2.24, 2.45) is 5.92 Å². The summed E-state index contributed by atoms with van der Waals surface area (Å²) in [7, 11) is 0. The highest BCUT2D eigenvalue weighted by Gasteiger charge is 2.34. The molecular formula is C11H22O2. The molecule has 0 bridgehead atoms. The summed E-state index contributed by atoms with van der Waals surface area (Å²) in [5.41, 5.74) is -0.451. The van der Waals surface area contributed by atoms with Gasteiger partial charge in [-0.15, -0.1) is 0 Å². The summed E-state index contributed by atoms with van der Waals surface area (Å²) in [6, 6.07) is 0. The monoisotopic (exact) mass is 186 g/mol.